The number of hydrogen-bond donors (Lipinski definition) is 3. The summed E-state index contributed by atoms with van der Waals surface area (Å²) in [6.07, 6.45) is 8.25. The lowest BCUT2D eigenvalue weighted by Crippen LogP contribution is -2.74. The zero-order chi connectivity index (χ0) is 27.5. The molecule has 5 rings (SSSR count). The van der Waals surface area contributed by atoms with E-state index in [1.165, 1.54) is 43.1 Å². The Bertz CT molecular complexity index is 1220. The molecule has 4 unspecified atom stereocenters. The van der Waals surface area contributed by atoms with Crippen LogP contribution in [0.15, 0.2) is 12.1 Å². The molecule has 1 amide bonds. The van der Waals surface area contributed by atoms with Gasteiger partial charge in [-0.1, -0.05) is 38.2 Å². The number of primary amides is 1. The predicted octanol–water partition coefficient (Wildman–Crippen LogP) is 1.38. The molecule has 1 aromatic rings. The summed E-state index contributed by atoms with van der Waals surface area (Å²) in [6, 6.07) is 2.24. The minimum absolute atomic E-state index is 0.0710. The van der Waals surface area contributed by atoms with E-state index in [0.717, 1.165) is 24.0 Å². The summed E-state index contributed by atoms with van der Waals surface area (Å²) in [6.45, 7) is 0. The van der Waals surface area contributed by atoms with Crippen LogP contribution in [0.4, 0.5) is 0 Å². The Morgan fingerprint density at radius 3 is 2.39 bits per heavy atom. The van der Waals surface area contributed by atoms with Crippen LogP contribution in [-0.4, -0.2) is 69.9 Å². The minimum atomic E-state index is -2.69. The average molecular weight is 525 g/mol. The molecular weight excluding hydrogens is 488 g/mol. The number of phenolic OH excluding ortho intramolecular Hbond substituents is 1. The van der Waals surface area contributed by atoms with E-state index in [1.807, 2.05) is 6.07 Å². The molecule has 3 saturated carbocycles. The highest BCUT2D eigenvalue weighted by molar-refractivity contribution is 6.32. The van der Waals surface area contributed by atoms with Gasteiger partial charge in [0.25, 0.3) is 0 Å². The second-order valence-corrected chi connectivity index (χ2v) is 11.9. The monoisotopic (exact) mass is 524 g/mol. The third kappa shape index (κ3) is 3.93. The van der Waals surface area contributed by atoms with Crippen LogP contribution < -0.4 is 5.73 Å². The molecule has 4 aliphatic carbocycles. The number of rotatable bonds is 5. The van der Waals surface area contributed by atoms with E-state index in [9.17, 15) is 34.2 Å². The van der Waals surface area contributed by atoms with Crippen molar-refractivity contribution in [3.8, 4) is 5.75 Å². The summed E-state index contributed by atoms with van der Waals surface area (Å²) in [5, 5.41) is 22.3. The van der Waals surface area contributed by atoms with Crippen molar-refractivity contribution in [3.05, 3.63) is 28.8 Å². The van der Waals surface area contributed by atoms with E-state index in [1.54, 1.807) is 14.1 Å². The number of benzene rings is 1. The summed E-state index contributed by atoms with van der Waals surface area (Å²) in [5.74, 6) is -9.39. The summed E-state index contributed by atoms with van der Waals surface area (Å²) < 4.78 is 0. The number of hydrogen-bond acceptors (Lipinski definition) is 8. The number of nitrogens with zero attached hydrogens (tertiary/aromatic N) is 1. The van der Waals surface area contributed by atoms with Crippen molar-refractivity contribution in [3.63, 3.8) is 0 Å². The average Bonchev–Trinajstić information content (AvgIpc) is 2.86. The third-order valence-corrected chi connectivity index (χ3v) is 9.59. The Balaban J connectivity index is 1.53. The SMILES string of the molecule is CN(C)[C@@H]1C(=O)C(C(N)=O)C(=O)[C@@]2(O)C(=O)C3C(=O)c4c(O)ccc(CCC5CCCCC5)c4CC3CC12. The van der Waals surface area contributed by atoms with Gasteiger partial charge in [0, 0.05) is 5.92 Å². The number of carbonyl (C=O) groups is 5. The van der Waals surface area contributed by atoms with Gasteiger partial charge >= 0.3 is 0 Å². The fourth-order valence-corrected chi connectivity index (χ4v) is 7.74. The van der Waals surface area contributed by atoms with Crippen molar-refractivity contribution in [2.24, 2.45) is 35.3 Å². The molecule has 0 radical (unpaired) electrons. The third-order valence-electron chi connectivity index (χ3n) is 9.59. The number of ketones is 4. The van der Waals surface area contributed by atoms with Gasteiger partial charge in [0.1, 0.15) is 5.75 Å². The van der Waals surface area contributed by atoms with E-state index in [4.69, 9.17) is 5.73 Å². The molecule has 0 heterocycles. The Hall–Kier alpha value is -2.91. The molecule has 0 aromatic heterocycles. The molecule has 0 saturated heterocycles. The lowest BCUT2D eigenvalue weighted by molar-refractivity contribution is -0.181. The van der Waals surface area contributed by atoms with Crippen LogP contribution >= 0.6 is 0 Å². The van der Waals surface area contributed by atoms with Crippen LogP contribution in [0.3, 0.4) is 0 Å². The largest absolute Gasteiger partial charge is 0.507 e. The molecule has 0 aliphatic heterocycles. The Kier molecular flexibility index (Phi) is 6.80. The standard InChI is InChI=1S/C29H36N2O7/c1-31(2)23-18-13-16-12-17-15(9-8-14-6-4-3-5-7-14)10-11-19(32)21(17)24(33)20(16)26(35)29(18,38)27(36)22(25(23)34)28(30)37/h10-11,14,16,18,20,22-23,32,38H,3-9,12-13H2,1-2H3,(H2,30,37)/t16?,18?,20?,22?,23-,29-/m0/s1. The maximum absolute atomic E-state index is 13.9. The predicted molar refractivity (Wildman–Crippen MR) is 136 cm³/mol. The van der Waals surface area contributed by atoms with Crippen LogP contribution in [0.2, 0.25) is 0 Å². The number of amides is 1. The first-order valence-corrected chi connectivity index (χ1v) is 13.7. The zero-order valence-corrected chi connectivity index (χ0v) is 21.9. The zero-order valence-electron chi connectivity index (χ0n) is 21.9. The maximum atomic E-state index is 13.9. The van der Waals surface area contributed by atoms with Crippen molar-refractivity contribution in [1.29, 1.82) is 0 Å². The molecule has 204 valence electrons. The van der Waals surface area contributed by atoms with Gasteiger partial charge in [-0.25, -0.2) is 0 Å². The van der Waals surface area contributed by atoms with Gasteiger partial charge in [0.2, 0.25) is 5.91 Å². The Morgan fingerprint density at radius 2 is 1.76 bits per heavy atom. The lowest BCUT2D eigenvalue weighted by atomic mass is 9.52. The van der Waals surface area contributed by atoms with E-state index >= 15 is 0 Å². The molecule has 6 atom stereocenters. The van der Waals surface area contributed by atoms with Crippen molar-refractivity contribution in [2.45, 2.75) is 69.4 Å². The number of phenols is 1. The van der Waals surface area contributed by atoms with E-state index < -0.39 is 64.4 Å². The van der Waals surface area contributed by atoms with Crippen LogP contribution in [-0.2, 0) is 32.0 Å². The number of carbonyl (C=O) groups excluding carboxylic acids is 5. The van der Waals surface area contributed by atoms with Crippen molar-refractivity contribution in [2.75, 3.05) is 14.1 Å². The fourth-order valence-electron chi connectivity index (χ4n) is 7.74. The minimum Gasteiger partial charge on any atom is -0.507 e. The number of Topliss-reactive ketones (excluding diaryl/α,β-unsaturated/α-hetero) is 4. The van der Waals surface area contributed by atoms with Gasteiger partial charge < -0.3 is 15.9 Å². The van der Waals surface area contributed by atoms with Crippen molar-refractivity contribution >= 4 is 29.0 Å². The number of likely N-dealkylation sites (N-methyl/N-ethyl adjacent to an activating group) is 1. The maximum Gasteiger partial charge on any atom is 0.235 e. The first-order valence-electron chi connectivity index (χ1n) is 13.7. The van der Waals surface area contributed by atoms with Crippen LogP contribution in [0.5, 0.6) is 5.75 Å². The second kappa shape index (κ2) is 9.68. The highest BCUT2D eigenvalue weighted by Crippen LogP contribution is 2.51. The van der Waals surface area contributed by atoms with Crippen molar-refractivity contribution in [1.82, 2.24) is 4.90 Å². The number of nitrogens with two attached hydrogens (primary N) is 1. The quantitative estimate of drug-likeness (QED) is 0.488. The summed E-state index contributed by atoms with van der Waals surface area (Å²) >= 11 is 0. The number of fused-ring (bicyclic) bond motifs is 3. The van der Waals surface area contributed by atoms with Crippen molar-refractivity contribution < 1.29 is 34.2 Å². The van der Waals surface area contributed by atoms with Gasteiger partial charge in [-0.3, -0.25) is 28.9 Å². The first kappa shape index (κ1) is 26.7. The summed E-state index contributed by atoms with van der Waals surface area (Å²) in [5.41, 5.74) is 4.44. The second-order valence-electron chi connectivity index (χ2n) is 11.9. The van der Waals surface area contributed by atoms with E-state index in [0.29, 0.717) is 12.3 Å². The molecule has 9 heteroatoms. The summed E-state index contributed by atoms with van der Waals surface area (Å²) in [4.78, 5) is 67.7. The smallest absolute Gasteiger partial charge is 0.235 e. The van der Waals surface area contributed by atoms with E-state index in [2.05, 4.69) is 0 Å². The molecule has 1 aromatic carbocycles. The normalized spacial score (nSPS) is 33.6. The molecular formula is C29H36N2O7. The van der Waals surface area contributed by atoms with Gasteiger partial charge in [-0.05, 0) is 68.8 Å². The fraction of sp³-hybridized carbons (Fsp3) is 0.621. The Labute approximate surface area is 221 Å². The highest BCUT2D eigenvalue weighted by Gasteiger charge is 2.69. The first-order chi connectivity index (χ1) is 18.0. The Morgan fingerprint density at radius 1 is 1.08 bits per heavy atom. The number of aryl methyl sites for hydroxylation is 1. The molecule has 4 aliphatic rings. The van der Waals surface area contributed by atoms with Gasteiger partial charge in [0.05, 0.1) is 17.5 Å². The van der Waals surface area contributed by atoms with Crippen LogP contribution in [0.1, 0.15) is 66.4 Å². The topological polar surface area (TPSA) is 155 Å². The van der Waals surface area contributed by atoms with E-state index in [-0.39, 0.29) is 17.7 Å². The molecule has 9 nitrogen and oxygen atoms in total. The van der Waals surface area contributed by atoms with Gasteiger partial charge in [-0.15, -0.1) is 0 Å². The molecule has 4 N–H and O–H groups in total. The molecule has 0 bridgehead atoms. The highest BCUT2D eigenvalue weighted by atomic mass is 16.3. The number of aromatic hydroxyl groups is 1. The summed E-state index contributed by atoms with van der Waals surface area (Å²) in [7, 11) is 3.16. The number of aliphatic hydroxyl groups is 1. The van der Waals surface area contributed by atoms with Crippen LogP contribution in [0, 0.1) is 29.6 Å². The molecule has 3 fully saturated rings. The van der Waals surface area contributed by atoms with Gasteiger partial charge in [0.15, 0.2) is 34.7 Å². The molecule has 38 heavy (non-hydrogen) atoms. The lowest BCUT2D eigenvalue weighted by Gasteiger charge is -2.52. The molecule has 0 spiro atoms. The van der Waals surface area contributed by atoms with Crippen LogP contribution in [0.25, 0.3) is 0 Å². The van der Waals surface area contributed by atoms with Gasteiger partial charge in [-0.2, -0.15) is 0 Å².